The average molecular weight is 526 g/mol. The number of aryl methyl sites for hydroxylation is 1. The van der Waals surface area contributed by atoms with Crippen molar-refractivity contribution in [2.24, 2.45) is 0 Å². The van der Waals surface area contributed by atoms with Crippen LogP contribution in [0.3, 0.4) is 0 Å². The van der Waals surface area contributed by atoms with Crippen LogP contribution in [0.15, 0.2) is 36.9 Å². The number of benzene rings is 1. The van der Waals surface area contributed by atoms with Gasteiger partial charge < -0.3 is 19.4 Å². The molecule has 204 valence electrons. The summed E-state index contributed by atoms with van der Waals surface area (Å²) in [5.41, 5.74) is -0.449. The molecule has 0 radical (unpaired) electrons. The summed E-state index contributed by atoms with van der Waals surface area (Å²) in [6.07, 6.45) is 0.530. The Bertz CT molecular complexity index is 955. The molecule has 2 heterocycles. The summed E-state index contributed by atoms with van der Waals surface area (Å²) in [5.74, 6) is -0.233. The van der Waals surface area contributed by atoms with Gasteiger partial charge in [-0.25, -0.2) is 0 Å². The maximum atomic E-state index is 12.6. The Morgan fingerprint density at radius 3 is 2.11 bits per heavy atom. The van der Waals surface area contributed by atoms with Crippen LogP contribution in [0.25, 0.3) is 0 Å². The van der Waals surface area contributed by atoms with E-state index in [0.717, 1.165) is 43.6 Å². The molecule has 1 aromatic rings. The van der Waals surface area contributed by atoms with Crippen molar-refractivity contribution in [2.75, 3.05) is 39.3 Å². The predicted octanol–water partition coefficient (Wildman–Crippen LogP) is 3.19. The second-order valence-corrected chi connectivity index (χ2v) is 8.96. The van der Waals surface area contributed by atoms with Gasteiger partial charge in [-0.3, -0.25) is 19.2 Å². The molecule has 2 aliphatic heterocycles. The summed E-state index contributed by atoms with van der Waals surface area (Å²) in [6.45, 7) is 10.6. The van der Waals surface area contributed by atoms with Gasteiger partial charge in [-0.1, -0.05) is 24.3 Å². The van der Waals surface area contributed by atoms with Crippen LogP contribution in [-0.2, 0) is 30.1 Å². The number of nitrogens with zero attached hydrogens (tertiary/aromatic N) is 3. The van der Waals surface area contributed by atoms with Crippen LogP contribution in [-0.4, -0.2) is 83.8 Å². The van der Waals surface area contributed by atoms with Gasteiger partial charge in [0, 0.05) is 26.2 Å². The van der Waals surface area contributed by atoms with Gasteiger partial charge in [0.15, 0.2) is 0 Å². The molecule has 4 rings (SSSR count). The molecule has 0 unspecified atom stereocenters. The van der Waals surface area contributed by atoms with Gasteiger partial charge >= 0.3 is 6.18 Å². The molecule has 2 saturated heterocycles. The number of ether oxygens (including phenoxy) is 1. The normalized spacial score (nSPS) is 17.8. The lowest BCUT2D eigenvalue weighted by molar-refractivity contribution is -0.154. The third-order valence-corrected chi connectivity index (χ3v) is 6.36. The monoisotopic (exact) mass is 525 g/mol. The molecule has 1 saturated carbocycles. The standard InChI is InChI=1S/C15H21N3O3.C8H7F3.C3H6O2/c1-2-12(19)18-10-9-17(14(21)15(18)5-6-15)11-13(20)16-7-3-4-8-16;1-6-2-4-7(5-3-6)8(9,10)11;1-2-5-3-4/h2H,1,3-11H2;2-5H,1H3;3H,2H2,1H3. The molecular weight excluding hydrogens is 491 g/mol. The van der Waals surface area contributed by atoms with E-state index in [1.165, 1.54) is 18.2 Å². The second-order valence-electron chi connectivity index (χ2n) is 8.96. The molecule has 37 heavy (non-hydrogen) atoms. The summed E-state index contributed by atoms with van der Waals surface area (Å²) in [5, 5.41) is 0. The molecule has 0 aromatic heterocycles. The maximum Gasteiger partial charge on any atom is 0.416 e. The lowest BCUT2D eigenvalue weighted by Crippen LogP contribution is -2.61. The number of halogens is 3. The number of likely N-dealkylation sites (tertiary alicyclic amines) is 1. The van der Waals surface area contributed by atoms with Crippen LogP contribution in [0, 0.1) is 6.92 Å². The fourth-order valence-electron chi connectivity index (χ4n) is 4.17. The van der Waals surface area contributed by atoms with Crippen molar-refractivity contribution >= 4 is 24.2 Å². The van der Waals surface area contributed by atoms with Crippen LogP contribution in [0.4, 0.5) is 13.2 Å². The van der Waals surface area contributed by atoms with Crippen LogP contribution >= 0.6 is 0 Å². The van der Waals surface area contributed by atoms with E-state index in [-0.39, 0.29) is 24.3 Å². The lowest BCUT2D eigenvalue weighted by atomic mass is 10.1. The molecule has 0 atom stereocenters. The van der Waals surface area contributed by atoms with Crippen LogP contribution in [0.2, 0.25) is 0 Å². The van der Waals surface area contributed by atoms with E-state index in [1.807, 2.05) is 4.90 Å². The van der Waals surface area contributed by atoms with Gasteiger partial charge in [0.25, 0.3) is 6.47 Å². The average Bonchev–Trinajstić information content (AvgIpc) is 3.44. The van der Waals surface area contributed by atoms with Crippen molar-refractivity contribution in [1.29, 1.82) is 0 Å². The van der Waals surface area contributed by atoms with Gasteiger partial charge in [0.05, 0.1) is 18.7 Å². The summed E-state index contributed by atoms with van der Waals surface area (Å²) in [7, 11) is 0. The highest BCUT2D eigenvalue weighted by molar-refractivity contribution is 5.99. The Hall–Kier alpha value is -3.37. The van der Waals surface area contributed by atoms with E-state index in [1.54, 1.807) is 23.6 Å². The number of alkyl halides is 3. The number of carbonyl (C=O) groups is 4. The Kier molecular flexibility index (Phi) is 10.7. The van der Waals surface area contributed by atoms with Crippen molar-refractivity contribution in [3.05, 3.63) is 48.0 Å². The van der Waals surface area contributed by atoms with Crippen LogP contribution in [0.5, 0.6) is 0 Å². The van der Waals surface area contributed by atoms with Crippen molar-refractivity contribution < 1.29 is 37.1 Å². The first-order valence-corrected chi connectivity index (χ1v) is 12.2. The summed E-state index contributed by atoms with van der Waals surface area (Å²) in [6, 6.07) is 5.05. The van der Waals surface area contributed by atoms with E-state index in [4.69, 9.17) is 0 Å². The van der Waals surface area contributed by atoms with Crippen molar-refractivity contribution in [2.45, 2.75) is 51.2 Å². The fraction of sp³-hybridized carbons (Fsp3) is 0.538. The molecular formula is C26H34F3N3O5. The molecule has 1 aromatic carbocycles. The number of rotatable bonds is 5. The first-order chi connectivity index (χ1) is 17.5. The molecule has 8 nitrogen and oxygen atoms in total. The number of hydrogen-bond acceptors (Lipinski definition) is 5. The first kappa shape index (κ1) is 29.9. The molecule has 1 spiro atoms. The lowest BCUT2D eigenvalue weighted by Gasteiger charge is -2.40. The molecule has 1 aliphatic carbocycles. The van der Waals surface area contributed by atoms with E-state index in [9.17, 15) is 32.3 Å². The molecule has 0 bridgehead atoms. The Labute approximate surface area is 215 Å². The van der Waals surface area contributed by atoms with E-state index in [2.05, 4.69) is 11.3 Å². The molecule has 3 amide bonds. The van der Waals surface area contributed by atoms with Crippen molar-refractivity contribution in [3.63, 3.8) is 0 Å². The molecule has 0 N–H and O–H groups in total. The zero-order chi connectivity index (χ0) is 27.6. The summed E-state index contributed by atoms with van der Waals surface area (Å²) < 4.78 is 39.9. The molecule has 11 heteroatoms. The maximum absolute atomic E-state index is 12.6. The van der Waals surface area contributed by atoms with Crippen molar-refractivity contribution in [1.82, 2.24) is 14.7 Å². The minimum atomic E-state index is -4.21. The molecule has 3 fully saturated rings. The fourth-order valence-corrected chi connectivity index (χ4v) is 4.17. The van der Waals surface area contributed by atoms with Crippen LogP contribution < -0.4 is 0 Å². The van der Waals surface area contributed by atoms with Gasteiger partial charge in [0.1, 0.15) is 5.54 Å². The minimum Gasteiger partial charge on any atom is -0.468 e. The number of hydrogen-bond donors (Lipinski definition) is 0. The number of amides is 3. The highest BCUT2D eigenvalue weighted by Crippen LogP contribution is 2.45. The highest BCUT2D eigenvalue weighted by Gasteiger charge is 2.59. The topological polar surface area (TPSA) is 87.2 Å². The van der Waals surface area contributed by atoms with E-state index < -0.39 is 17.3 Å². The van der Waals surface area contributed by atoms with E-state index >= 15 is 0 Å². The Morgan fingerprint density at radius 2 is 1.68 bits per heavy atom. The second kappa shape index (κ2) is 13.3. The Morgan fingerprint density at radius 1 is 1.08 bits per heavy atom. The Balaban J connectivity index is 0.000000252. The van der Waals surface area contributed by atoms with Gasteiger partial charge in [0.2, 0.25) is 17.7 Å². The summed E-state index contributed by atoms with van der Waals surface area (Å²) in [4.78, 5) is 50.9. The third kappa shape index (κ3) is 8.06. The summed E-state index contributed by atoms with van der Waals surface area (Å²) >= 11 is 0. The predicted molar refractivity (Wildman–Crippen MR) is 130 cm³/mol. The highest BCUT2D eigenvalue weighted by atomic mass is 19.4. The number of piperazine rings is 1. The van der Waals surface area contributed by atoms with Gasteiger partial charge in [-0.05, 0) is 57.7 Å². The third-order valence-electron chi connectivity index (χ3n) is 6.36. The van der Waals surface area contributed by atoms with Gasteiger partial charge in [-0.2, -0.15) is 13.2 Å². The van der Waals surface area contributed by atoms with Gasteiger partial charge in [-0.15, -0.1) is 0 Å². The number of carbonyl (C=O) groups excluding carboxylic acids is 4. The molecule has 3 aliphatic rings. The smallest absolute Gasteiger partial charge is 0.416 e. The van der Waals surface area contributed by atoms with E-state index in [0.29, 0.717) is 39.0 Å². The largest absolute Gasteiger partial charge is 0.468 e. The SMILES string of the molecule is C=CC(=O)N1CCN(CC(=O)N2CCCC2)C(=O)C12CC2.CCOC=O.Cc1ccc(C(F)(F)F)cc1. The minimum absolute atomic E-state index is 0.0279. The quantitative estimate of drug-likeness (QED) is 0.435. The zero-order valence-electron chi connectivity index (χ0n) is 21.3. The van der Waals surface area contributed by atoms with Crippen LogP contribution in [0.1, 0.15) is 43.7 Å². The zero-order valence-corrected chi connectivity index (χ0v) is 21.3. The first-order valence-electron chi connectivity index (χ1n) is 12.2. The van der Waals surface area contributed by atoms with Crippen molar-refractivity contribution in [3.8, 4) is 0 Å².